The van der Waals surface area contributed by atoms with Crippen LogP contribution < -0.4 is 10.1 Å². The van der Waals surface area contributed by atoms with Gasteiger partial charge in [-0.1, -0.05) is 18.2 Å². The fourth-order valence-electron chi connectivity index (χ4n) is 1.77. The molecule has 22 heavy (non-hydrogen) atoms. The molecule has 2 aromatic carbocycles. The normalized spacial score (nSPS) is 9.86. The third kappa shape index (κ3) is 4.63. The molecule has 0 aliphatic rings. The van der Waals surface area contributed by atoms with E-state index < -0.39 is 5.97 Å². The van der Waals surface area contributed by atoms with Crippen LogP contribution in [0, 0.1) is 0 Å². The zero-order valence-corrected chi connectivity index (χ0v) is 12.2. The van der Waals surface area contributed by atoms with Crippen molar-refractivity contribution in [2.45, 2.75) is 6.92 Å². The number of hydrogen-bond acceptors (Lipinski definition) is 4. The summed E-state index contributed by atoms with van der Waals surface area (Å²) in [6, 6.07) is 16.0. The molecule has 0 fully saturated rings. The van der Waals surface area contributed by atoms with Crippen LogP contribution in [0.3, 0.4) is 0 Å². The molecule has 0 unspecified atom stereocenters. The van der Waals surface area contributed by atoms with E-state index in [-0.39, 0.29) is 12.5 Å². The topological polar surface area (TPSA) is 64.6 Å². The van der Waals surface area contributed by atoms with Gasteiger partial charge in [0.15, 0.2) is 0 Å². The molecule has 0 saturated carbocycles. The van der Waals surface area contributed by atoms with Gasteiger partial charge >= 0.3 is 5.97 Å². The van der Waals surface area contributed by atoms with Gasteiger partial charge in [0.1, 0.15) is 18.0 Å². The second-order valence-corrected chi connectivity index (χ2v) is 4.43. The number of benzene rings is 2. The van der Waals surface area contributed by atoms with Gasteiger partial charge < -0.3 is 14.8 Å². The van der Waals surface area contributed by atoms with Crippen molar-refractivity contribution in [2.75, 3.05) is 13.2 Å². The summed E-state index contributed by atoms with van der Waals surface area (Å²) in [7, 11) is 0. The minimum Gasteiger partial charge on any atom is -0.465 e. The van der Waals surface area contributed by atoms with E-state index in [0.29, 0.717) is 17.9 Å². The van der Waals surface area contributed by atoms with Crippen molar-refractivity contribution in [1.82, 2.24) is 5.32 Å². The van der Waals surface area contributed by atoms with Gasteiger partial charge in [0, 0.05) is 5.56 Å². The summed E-state index contributed by atoms with van der Waals surface area (Å²) in [5.41, 5.74) is 0.449. The van der Waals surface area contributed by atoms with Gasteiger partial charge in [0.25, 0.3) is 5.91 Å². The molecular formula is C17H17NO4. The first-order valence-corrected chi connectivity index (χ1v) is 6.96. The van der Waals surface area contributed by atoms with E-state index in [1.807, 2.05) is 30.3 Å². The molecule has 0 aliphatic carbocycles. The lowest BCUT2D eigenvalue weighted by molar-refractivity contribution is -0.141. The maximum absolute atomic E-state index is 11.9. The molecule has 1 N–H and O–H groups in total. The van der Waals surface area contributed by atoms with Gasteiger partial charge in [-0.2, -0.15) is 0 Å². The molecule has 2 rings (SSSR count). The summed E-state index contributed by atoms with van der Waals surface area (Å²) < 4.78 is 10.4. The Morgan fingerprint density at radius 3 is 2.23 bits per heavy atom. The van der Waals surface area contributed by atoms with Gasteiger partial charge in [-0.25, -0.2) is 0 Å². The molecule has 1 amide bonds. The van der Waals surface area contributed by atoms with Crippen LogP contribution in [0.2, 0.25) is 0 Å². The highest BCUT2D eigenvalue weighted by atomic mass is 16.5. The number of ether oxygens (including phenoxy) is 2. The molecule has 5 heteroatoms. The Hall–Kier alpha value is -2.82. The minimum absolute atomic E-state index is 0.144. The van der Waals surface area contributed by atoms with Gasteiger partial charge in [0.05, 0.1) is 6.61 Å². The first kappa shape index (κ1) is 15.6. The summed E-state index contributed by atoms with van der Waals surface area (Å²) in [5.74, 6) is 0.564. The number of carbonyl (C=O) groups excluding carboxylic acids is 2. The van der Waals surface area contributed by atoms with E-state index in [4.69, 9.17) is 9.47 Å². The molecule has 0 radical (unpaired) electrons. The molecule has 0 bridgehead atoms. The van der Waals surface area contributed by atoms with Gasteiger partial charge in [-0.3, -0.25) is 9.59 Å². The van der Waals surface area contributed by atoms with Crippen molar-refractivity contribution in [2.24, 2.45) is 0 Å². The first-order chi connectivity index (χ1) is 10.7. The zero-order chi connectivity index (χ0) is 15.8. The largest absolute Gasteiger partial charge is 0.465 e. The van der Waals surface area contributed by atoms with E-state index >= 15 is 0 Å². The lowest BCUT2D eigenvalue weighted by atomic mass is 10.2. The van der Waals surface area contributed by atoms with Crippen LogP contribution in [0.5, 0.6) is 11.5 Å². The number of amides is 1. The van der Waals surface area contributed by atoms with Crippen molar-refractivity contribution in [3.63, 3.8) is 0 Å². The quantitative estimate of drug-likeness (QED) is 0.833. The lowest BCUT2D eigenvalue weighted by Gasteiger charge is -2.07. The van der Waals surface area contributed by atoms with Crippen LogP contribution in [0.4, 0.5) is 0 Å². The number of nitrogens with one attached hydrogen (secondary N) is 1. The van der Waals surface area contributed by atoms with E-state index in [2.05, 4.69) is 5.32 Å². The zero-order valence-electron chi connectivity index (χ0n) is 12.2. The van der Waals surface area contributed by atoms with Crippen molar-refractivity contribution in [3.05, 3.63) is 60.2 Å². The smallest absolute Gasteiger partial charge is 0.325 e. The summed E-state index contributed by atoms with van der Waals surface area (Å²) in [4.78, 5) is 23.0. The van der Waals surface area contributed by atoms with Crippen molar-refractivity contribution >= 4 is 11.9 Å². The van der Waals surface area contributed by atoms with Gasteiger partial charge in [-0.15, -0.1) is 0 Å². The van der Waals surface area contributed by atoms with Crippen molar-refractivity contribution < 1.29 is 19.1 Å². The predicted octanol–water partition coefficient (Wildman–Crippen LogP) is 2.77. The third-order valence-electron chi connectivity index (χ3n) is 2.79. The molecule has 114 valence electrons. The standard InChI is InChI=1S/C17H17NO4/c1-2-21-16(19)12-18-17(20)13-8-10-15(11-9-13)22-14-6-4-3-5-7-14/h3-11H,2,12H2,1H3,(H,18,20). The Labute approximate surface area is 128 Å². The Bertz CT molecular complexity index is 623. The molecular weight excluding hydrogens is 282 g/mol. The van der Waals surface area contributed by atoms with Crippen molar-refractivity contribution in [3.8, 4) is 11.5 Å². The Kier molecular flexibility index (Phi) is 5.54. The van der Waals surface area contributed by atoms with Gasteiger partial charge in [-0.05, 0) is 43.3 Å². The van der Waals surface area contributed by atoms with Crippen LogP contribution in [-0.4, -0.2) is 25.0 Å². The number of carbonyl (C=O) groups is 2. The fraction of sp³-hybridized carbons (Fsp3) is 0.176. The molecule has 2 aromatic rings. The summed E-state index contributed by atoms with van der Waals surface area (Å²) >= 11 is 0. The highest BCUT2D eigenvalue weighted by Crippen LogP contribution is 2.20. The van der Waals surface area contributed by atoms with E-state index in [1.165, 1.54) is 0 Å². The monoisotopic (exact) mass is 299 g/mol. The molecule has 0 heterocycles. The first-order valence-electron chi connectivity index (χ1n) is 6.96. The third-order valence-corrected chi connectivity index (χ3v) is 2.79. The van der Waals surface area contributed by atoms with Crippen molar-refractivity contribution in [1.29, 1.82) is 0 Å². The molecule has 0 saturated heterocycles. The van der Waals surface area contributed by atoms with Gasteiger partial charge in [0.2, 0.25) is 0 Å². The minimum atomic E-state index is -0.458. The maximum atomic E-state index is 11.9. The second kappa shape index (κ2) is 7.83. The number of rotatable bonds is 6. The maximum Gasteiger partial charge on any atom is 0.325 e. The molecule has 0 atom stereocenters. The van der Waals surface area contributed by atoms with Crippen LogP contribution in [0.25, 0.3) is 0 Å². The van der Waals surface area contributed by atoms with Crippen LogP contribution in [0.1, 0.15) is 17.3 Å². The lowest BCUT2D eigenvalue weighted by Crippen LogP contribution is -2.30. The van der Waals surface area contributed by atoms with Crippen LogP contribution >= 0.6 is 0 Å². The highest BCUT2D eigenvalue weighted by Gasteiger charge is 2.08. The average molecular weight is 299 g/mol. The Morgan fingerprint density at radius 2 is 1.59 bits per heavy atom. The molecule has 0 spiro atoms. The summed E-state index contributed by atoms with van der Waals surface area (Å²) in [6.07, 6.45) is 0. The number of esters is 1. The Morgan fingerprint density at radius 1 is 0.955 bits per heavy atom. The predicted molar refractivity (Wildman–Crippen MR) is 81.9 cm³/mol. The van der Waals surface area contributed by atoms with E-state index in [0.717, 1.165) is 5.75 Å². The fourth-order valence-corrected chi connectivity index (χ4v) is 1.77. The Balaban J connectivity index is 1.91. The van der Waals surface area contributed by atoms with Crippen LogP contribution in [-0.2, 0) is 9.53 Å². The molecule has 5 nitrogen and oxygen atoms in total. The van der Waals surface area contributed by atoms with E-state index in [1.54, 1.807) is 31.2 Å². The van der Waals surface area contributed by atoms with E-state index in [9.17, 15) is 9.59 Å². The average Bonchev–Trinajstić information content (AvgIpc) is 2.54. The second-order valence-electron chi connectivity index (χ2n) is 4.43. The summed E-state index contributed by atoms with van der Waals surface area (Å²) in [6.45, 7) is 1.86. The molecule has 0 aliphatic heterocycles. The molecule has 0 aromatic heterocycles. The number of hydrogen-bond donors (Lipinski definition) is 1. The summed E-state index contributed by atoms with van der Waals surface area (Å²) in [5, 5.41) is 2.50. The SMILES string of the molecule is CCOC(=O)CNC(=O)c1ccc(Oc2ccccc2)cc1. The highest BCUT2D eigenvalue weighted by molar-refractivity contribution is 5.96. The van der Waals surface area contributed by atoms with Crippen LogP contribution in [0.15, 0.2) is 54.6 Å². The number of para-hydroxylation sites is 1.